The minimum Gasteiger partial charge on any atom is -0.545 e. The molecular formula is C60H50Cl2N2Na2O8S2. The number of benzene rings is 6. The number of thioether (sulfide) groups is 2. The molecule has 0 radical (unpaired) electrons. The number of aromatic nitrogens is 2. The molecule has 0 saturated heterocycles. The number of carboxylic acid groups (broad SMARTS) is 4. The monoisotopic (exact) mass is 1110 g/mol. The number of hydrogen-bond acceptors (Lipinski definition) is 10. The molecule has 2 N–H and O–H groups in total. The van der Waals surface area contributed by atoms with Gasteiger partial charge in [-0.25, -0.2) is 9.97 Å². The Balaban J connectivity index is 0.000000274. The minimum atomic E-state index is -1.19. The van der Waals surface area contributed by atoms with Crippen LogP contribution in [0.15, 0.2) is 158 Å². The standard InChI is InChI=1S/2C30H26ClNO4S.2Na/c2*31-24-12-9-22-10-14-25(32-27(22)19-24)13-8-20-4-3-6-23(18-20)28(37-17-16-29(33)34)15-11-21-5-1-2-7-26(21)30(35)36;;/h2*1-10,12-14,18-19,28H,11,15-17H2,(H,33,34)(H,35,36);;/q;;2*+1/p-2/b2*13-8+;;. The largest absolute Gasteiger partial charge is 1.00 e. The van der Waals surface area contributed by atoms with Gasteiger partial charge in [-0.2, -0.15) is 23.5 Å². The topological polar surface area (TPSA) is 181 Å². The third-order valence-corrected chi connectivity index (χ3v) is 15.1. The van der Waals surface area contributed by atoms with Gasteiger partial charge < -0.3 is 30.0 Å². The van der Waals surface area contributed by atoms with E-state index in [9.17, 15) is 29.4 Å². The fraction of sp³-hybridized carbons (Fsp3) is 0.167. The quantitative estimate of drug-likeness (QED) is 0.0695. The van der Waals surface area contributed by atoms with Gasteiger partial charge in [-0.1, -0.05) is 157 Å². The molecule has 2 aromatic heterocycles. The van der Waals surface area contributed by atoms with Crippen LogP contribution in [0.1, 0.15) is 102 Å². The number of carbonyl (C=O) groups is 4. The summed E-state index contributed by atoms with van der Waals surface area (Å²) in [6.07, 6.45) is 10.4. The first-order chi connectivity index (χ1) is 35.8. The number of fused-ring (bicyclic) bond motifs is 2. The number of hydrogen-bond donors (Lipinski definition) is 2. The van der Waals surface area contributed by atoms with Gasteiger partial charge in [-0.05, 0) is 108 Å². The first-order valence-electron chi connectivity index (χ1n) is 23.7. The van der Waals surface area contributed by atoms with Gasteiger partial charge in [0.05, 0.1) is 47.2 Å². The molecule has 0 aliphatic carbocycles. The molecule has 0 saturated carbocycles. The number of carbonyl (C=O) groups excluding carboxylic acids is 2. The van der Waals surface area contributed by atoms with Crippen molar-refractivity contribution >= 4 is 117 Å². The molecule has 0 amide bonds. The number of carboxylic acids is 4. The van der Waals surface area contributed by atoms with E-state index in [0.717, 1.165) is 55.4 Å². The number of halogens is 2. The Morgan fingerprint density at radius 2 is 0.895 bits per heavy atom. The molecule has 16 heteroatoms. The molecule has 0 aliphatic rings. The van der Waals surface area contributed by atoms with Crippen LogP contribution in [0.3, 0.4) is 0 Å². The van der Waals surface area contributed by atoms with E-state index in [4.69, 9.17) is 33.4 Å². The third kappa shape index (κ3) is 19.1. The molecule has 0 spiro atoms. The predicted octanol–water partition coefficient (Wildman–Crippen LogP) is 6.62. The molecule has 2 unspecified atom stereocenters. The third-order valence-electron chi connectivity index (χ3n) is 11.9. The average Bonchev–Trinajstić information content (AvgIpc) is 3.39. The molecule has 6 aromatic carbocycles. The van der Waals surface area contributed by atoms with Crippen molar-refractivity contribution in [1.29, 1.82) is 0 Å². The Bertz CT molecular complexity index is 3140. The molecule has 8 aromatic rings. The summed E-state index contributed by atoms with van der Waals surface area (Å²) < 4.78 is 0. The number of aromatic carboxylic acids is 2. The molecule has 0 bridgehead atoms. The number of nitrogens with zero attached hydrogens (tertiary/aromatic N) is 2. The summed E-state index contributed by atoms with van der Waals surface area (Å²) in [5, 5.41) is 44.5. The smallest absolute Gasteiger partial charge is 0.545 e. The molecule has 8 rings (SSSR count). The zero-order chi connectivity index (χ0) is 52.4. The fourth-order valence-corrected chi connectivity index (χ4v) is 10.9. The summed E-state index contributed by atoms with van der Waals surface area (Å²) >= 11 is 15.4. The zero-order valence-corrected chi connectivity index (χ0v) is 49.1. The van der Waals surface area contributed by atoms with Crippen LogP contribution in [-0.4, -0.2) is 55.6 Å². The van der Waals surface area contributed by atoms with E-state index in [0.29, 0.717) is 58.4 Å². The number of rotatable bonds is 22. The Morgan fingerprint density at radius 1 is 0.500 bits per heavy atom. The summed E-state index contributed by atoms with van der Waals surface area (Å²) in [5.74, 6) is -3.13. The van der Waals surface area contributed by atoms with E-state index < -0.39 is 23.9 Å². The minimum absolute atomic E-state index is 0. The van der Waals surface area contributed by atoms with Gasteiger partial charge in [0.25, 0.3) is 0 Å². The summed E-state index contributed by atoms with van der Waals surface area (Å²) in [6, 6.07) is 49.0. The van der Waals surface area contributed by atoms with Crippen LogP contribution in [0.2, 0.25) is 10.0 Å². The number of aryl methyl sites for hydroxylation is 2. The van der Waals surface area contributed by atoms with Crippen molar-refractivity contribution in [2.45, 2.75) is 49.0 Å². The first kappa shape index (κ1) is 61.6. The van der Waals surface area contributed by atoms with Crippen LogP contribution in [0.25, 0.3) is 46.1 Å². The van der Waals surface area contributed by atoms with Crippen LogP contribution in [0.4, 0.5) is 0 Å². The Kier molecular flexibility index (Phi) is 25.3. The van der Waals surface area contributed by atoms with E-state index in [1.54, 1.807) is 59.9 Å². The molecule has 0 aliphatic heterocycles. The van der Waals surface area contributed by atoms with E-state index >= 15 is 0 Å². The SMILES string of the molecule is O=C(O)CCSC(CCc1ccccc1C(=O)[O-])c1cccc(/C=C/c2ccc3ccc(Cl)cc3n2)c1.O=C(O)CCSC(CCc1ccccc1C(=O)[O-])c1cccc(/C=C/c2ccc3ccc(Cl)cc3n2)c1.[Na+].[Na+]. The van der Waals surface area contributed by atoms with Gasteiger partial charge in [0.1, 0.15) is 0 Å². The van der Waals surface area contributed by atoms with Gasteiger partial charge in [-0.3, -0.25) is 9.59 Å². The molecule has 2 atom stereocenters. The van der Waals surface area contributed by atoms with Crippen LogP contribution in [-0.2, 0) is 22.4 Å². The van der Waals surface area contributed by atoms with Gasteiger partial charge in [-0.15, -0.1) is 0 Å². The Hall–Kier alpha value is -5.22. The molecule has 2 heterocycles. The van der Waals surface area contributed by atoms with Crippen molar-refractivity contribution in [3.8, 4) is 0 Å². The van der Waals surface area contributed by atoms with E-state index in [-0.39, 0.29) is 93.6 Å². The summed E-state index contributed by atoms with van der Waals surface area (Å²) in [6.45, 7) is 0. The molecule has 76 heavy (non-hydrogen) atoms. The van der Waals surface area contributed by atoms with Crippen molar-refractivity contribution in [3.05, 3.63) is 224 Å². The van der Waals surface area contributed by atoms with Crippen LogP contribution in [0.5, 0.6) is 0 Å². The second-order valence-corrected chi connectivity index (χ2v) is 20.6. The van der Waals surface area contributed by atoms with Crippen molar-refractivity contribution in [2.75, 3.05) is 11.5 Å². The number of aliphatic carboxylic acids is 2. The maximum absolute atomic E-state index is 11.5. The normalized spacial score (nSPS) is 11.8. The molecule has 10 nitrogen and oxygen atoms in total. The van der Waals surface area contributed by atoms with Crippen molar-refractivity contribution in [3.63, 3.8) is 0 Å². The molecule has 376 valence electrons. The molecule has 0 fully saturated rings. The Morgan fingerprint density at radius 3 is 1.29 bits per heavy atom. The van der Waals surface area contributed by atoms with Crippen molar-refractivity contribution in [1.82, 2.24) is 9.97 Å². The Labute approximate surface area is 504 Å². The summed E-state index contributed by atoms with van der Waals surface area (Å²) in [5.41, 5.74) is 9.19. The van der Waals surface area contributed by atoms with Gasteiger partial charge in [0, 0.05) is 54.0 Å². The van der Waals surface area contributed by atoms with Crippen LogP contribution < -0.4 is 69.3 Å². The van der Waals surface area contributed by atoms with Gasteiger partial charge in [0.2, 0.25) is 0 Å². The molecular weight excluding hydrogens is 1060 g/mol. The maximum Gasteiger partial charge on any atom is 1.00 e. The van der Waals surface area contributed by atoms with E-state index in [1.807, 2.05) is 133 Å². The van der Waals surface area contributed by atoms with Crippen molar-refractivity contribution < 1.29 is 98.7 Å². The predicted molar refractivity (Wildman–Crippen MR) is 297 cm³/mol. The van der Waals surface area contributed by atoms with E-state index in [2.05, 4.69) is 22.1 Å². The second-order valence-electron chi connectivity index (χ2n) is 17.1. The maximum atomic E-state index is 11.5. The van der Waals surface area contributed by atoms with Gasteiger partial charge in [0.15, 0.2) is 0 Å². The summed E-state index contributed by atoms with van der Waals surface area (Å²) in [7, 11) is 0. The first-order valence-corrected chi connectivity index (χ1v) is 26.6. The van der Waals surface area contributed by atoms with Gasteiger partial charge >= 0.3 is 71.1 Å². The average molecular weight is 1110 g/mol. The number of pyridine rings is 2. The fourth-order valence-electron chi connectivity index (χ4n) is 8.20. The second kappa shape index (κ2) is 31.2. The zero-order valence-electron chi connectivity index (χ0n) is 41.9. The van der Waals surface area contributed by atoms with Crippen molar-refractivity contribution in [2.24, 2.45) is 0 Å². The van der Waals surface area contributed by atoms with Crippen LogP contribution >= 0.6 is 46.7 Å². The summed E-state index contributed by atoms with van der Waals surface area (Å²) in [4.78, 5) is 54.5. The van der Waals surface area contributed by atoms with Crippen LogP contribution in [0, 0.1) is 0 Å². The van der Waals surface area contributed by atoms with E-state index in [1.165, 1.54) is 0 Å².